The van der Waals surface area contributed by atoms with Crippen LogP contribution >= 0.6 is 0 Å². The standard InChI is InChI=1S/C19H14N4O/c20-19-21-17(14-8-2-1-3-9-14)22-23(19)18(24)16-12-6-10-13-7-4-5-11-15(13)16/h1-12H,(H2,20,21,22). The summed E-state index contributed by atoms with van der Waals surface area (Å²) in [5, 5.41) is 6.15. The summed E-state index contributed by atoms with van der Waals surface area (Å²) < 4.78 is 1.16. The van der Waals surface area contributed by atoms with Gasteiger partial charge in [-0.05, 0) is 16.8 Å². The van der Waals surface area contributed by atoms with E-state index >= 15 is 0 Å². The molecular weight excluding hydrogens is 300 g/mol. The molecule has 0 saturated carbocycles. The second-order valence-electron chi connectivity index (χ2n) is 5.40. The van der Waals surface area contributed by atoms with Crippen LogP contribution in [0.25, 0.3) is 22.2 Å². The van der Waals surface area contributed by atoms with E-state index in [2.05, 4.69) is 10.1 Å². The lowest BCUT2D eigenvalue weighted by Crippen LogP contribution is -2.16. The van der Waals surface area contributed by atoms with E-state index in [9.17, 15) is 4.79 Å². The highest BCUT2D eigenvalue weighted by Crippen LogP contribution is 2.21. The fourth-order valence-corrected chi connectivity index (χ4v) is 2.71. The quantitative estimate of drug-likeness (QED) is 0.615. The minimum Gasteiger partial charge on any atom is -0.368 e. The van der Waals surface area contributed by atoms with E-state index in [0.717, 1.165) is 21.0 Å². The van der Waals surface area contributed by atoms with Gasteiger partial charge in [0.2, 0.25) is 5.95 Å². The maximum Gasteiger partial charge on any atom is 0.282 e. The van der Waals surface area contributed by atoms with E-state index < -0.39 is 0 Å². The smallest absolute Gasteiger partial charge is 0.282 e. The predicted molar refractivity (Wildman–Crippen MR) is 93.5 cm³/mol. The zero-order chi connectivity index (χ0) is 16.5. The van der Waals surface area contributed by atoms with Crippen molar-refractivity contribution in [2.75, 3.05) is 5.73 Å². The molecule has 0 atom stereocenters. The van der Waals surface area contributed by atoms with Crippen LogP contribution in [0.1, 0.15) is 10.4 Å². The molecule has 0 bridgehead atoms. The highest BCUT2D eigenvalue weighted by molar-refractivity contribution is 6.08. The van der Waals surface area contributed by atoms with Gasteiger partial charge >= 0.3 is 0 Å². The van der Waals surface area contributed by atoms with Crippen LogP contribution in [0, 0.1) is 0 Å². The Hall–Kier alpha value is -3.47. The summed E-state index contributed by atoms with van der Waals surface area (Å²) in [4.78, 5) is 17.1. The number of anilines is 1. The SMILES string of the molecule is Nc1nc(-c2ccccc2)nn1C(=O)c1cccc2ccccc12. The molecule has 4 rings (SSSR count). The third-order valence-electron chi connectivity index (χ3n) is 3.88. The van der Waals surface area contributed by atoms with Gasteiger partial charge in [0.25, 0.3) is 5.91 Å². The molecule has 0 aliphatic carbocycles. The molecule has 0 aliphatic rings. The van der Waals surface area contributed by atoms with Gasteiger partial charge in [0, 0.05) is 11.1 Å². The molecule has 5 heteroatoms. The molecule has 0 unspecified atom stereocenters. The molecule has 1 heterocycles. The lowest BCUT2D eigenvalue weighted by molar-refractivity contribution is 0.0949. The molecule has 0 amide bonds. The van der Waals surface area contributed by atoms with Crippen LogP contribution in [0.4, 0.5) is 5.95 Å². The fraction of sp³-hybridized carbons (Fsp3) is 0. The second kappa shape index (κ2) is 5.62. The lowest BCUT2D eigenvalue weighted by atomic mass is 10.0. The van der Waals surface area contributed by atoms with E-state index in [0.29, 0.717) is 11.4 Å². The average Bonchev–Trinajstić information content (AvgIpc) is 3.03. The number of nitrogens with zero attached hydrogens (tertiary/aromatic N) is 3. The van der Waals surface area contributed by atoms with E-state index in [-0.39, 0.29) is 11.9 Å². The normalized spacial score (nSPS) is 10.8. The summed E-state index contributed by atoms with van der Waals surface area (Å²) in [6, 6.07) is 22.7. The Labute approximate surface area is 138 Å². The van der Waals surface area contributed by atoms with Crippen molar-refractivity contribution in [3.8, 4) is 11.4 Å². The Kier molecular flexibility index (Phi) is 3.31. The maximum atomic E-state index is 12.9. The second-order valence-corrected chi connectivity index (χ2v) is 5.40. The Morgan fingerprint density at radius 2 is 1.58 bits per heavy atom. The average molecular weight is 314 g/mol. The molecule has 0 fully saturated rings. The summed E-state index contributed by atoms with van der Waals surface area (Å²) in [5.41, 5.74) is 7.29. The van der Waals surface area contributed by atoms with E-state index in [1.165, 1.54) is 0 Å². The molecule has 0 spiro atoms. The molecule has 24 heavy (non-hydrogen) atoms. The monoisotopic (exact) mass is 314 g/mol. The van der Waals surface area contributed by atoms with Crippen molar-refractivity contribution in [1.29, 1.82) is 0 Å². The van der Waals surface area contributed by atoms with Crippen molar-refractivity contribution in [3.63, 3.8) is 0 Å². The van der Waals surface area contributed by atoms with Gasteiger partial charge in [0.05, 0.1) is 0 Å². The molecule has 5 nitrogen and oxygen atoms in total. The largest absolute Gasteiger partial charge is 0.368 e. The number of carbonyl (C=O) groups excluding carboxylic acids is 1. The maximum absolute atomic E-state index is 12.9. The van der Waals surface area contributed by atoms with E-state index in [4.69, 9.17) is 5.73 Å². The molecule has 0 aliphatic heterocycles. The van der Waals surface area contributed by atoms with Crippen LogP contribution in [0.5, 0.6) is 0 Å². The number of hydrogen-bond acceptors (Lipinski definition) is 4. The fourth-order valence-electron chi connectivity index (χ4n) is 2.71. The molecule has 0 radical (unpaired) electrons. The van der Waals surface area contributed by atoms with Gasteiger partial charge in [-0.2, -0.15) is 9.67 Å². The first-order chi connectivity index (χ1) is 11.7. The minimum absolute atomic E-state index is 0.0757. The Bertz CT molecular complexity index is 1030. The van der Waals surface area contributed by atoms with Crippen LogP contribution in [0.15, 0.2) is 72.8 Å². The summed E-state index contributed by atoms with van der Waals surface area (Å²) >= 11 is 0. The highest BCUT2D eigenvalue weighted by atomic mass is 16.2. The summed E-state index contributed by atoms with van der Waals surface area (Å²) in [5.74, 6) is 0.215. The van der Waals surface area contributed by atoms with Gasteiger partial charge in [-0.1, -0.05) is 66.7 Å². The third-order valence-corrected chi connectivity index (χ3v) is 3.88. The van der Waals surface area contributed by atoms with E-state index in [1.54, 1.807) is 6.07 Å². The zero-order valence-electron chi connectivity index (χ0n) is 12.8. The van der Waals surface area contributed by atoms with E-state index in [1.807, 2.05) is 66.7 Å². The molecule has 0 saturated heterocycles. The zero-order valence-corrected chi connectivity index (χ0v) is 12.8. The van der Waals surface area contributed by atoms with Crippen molar-refractivity contribution in [2.24, 2.45) is 0 Å². The lowest BCUT2D eigenvalue weighted by Gasteiger charge is -2.05. The van der Waals surface area contributed by atoms with Gasteiger partial charge < -0.3 is 5.73 Å². The van der Waals surface area contributed by atoms with Gasteiger partial charge in [0.15, 0.2) is 5.82 Å². The van der Waals surface area contributed by atoms with Crippen LogP contribution < -0.4 is 5.73 Å². The first-order valence-corrected chi connectivity index (χ1v) is 7.54. The van der Waals surface area contributed by atoms with Crippen LogP contribution in [-0.4, -0.2) is 20.7 Å². The van der Waals surface area contributed by atoms with Crippen molar-refractivity contribution in [3.05, 3.63) is 78.4 Å². The van der Waals surface area contributed by atoms with Crippen molar-refractivity contribution >= 4 is 22.6 Å². The van der Waals surface area contributed by atoms with Crippen molar-refractivity contribution in [1.82, 2.24) is 14.8 Å². The Morgan fingerprint density at radius 1 is 0.875 bits per heavy atom. The van der Waals surface area contributed by atoms with Crippen LogP contribution in [0.3, 0.4) is 0 Å². The minimum atomic E-state index is -0.293. The summed E-state index contributed by atoms with van der Waals surface area (Å²) in [6.45, 7) is 0. The van der Waals surface area contributed by atoms with Gasteiger partial charge in [-0.15, -0.1) is 5.10 Å². The summed E-state index contributed by atoms with van der Waals surface area (Å²) in [7, 11) is 0. The van der Waals surface area contributed by atoms with Gasteiger partial charge in [-0.25, -0.2) is 0 Å². The van der Waals surface area contributed by atoms with Crippen molar-refractivity contribution < 1.29 is 4.79 Å². The Balaban J connectivity index is 1.81. The Morgan fingerprint density at radius 3 is 2.42 bits per heavy atom. The molecular formula is C19H14N4O. The number of hydrogen-bond donors (Lipinski definition) is 1. The number of rotatable bonds is 2. The number of benzene rings is 3. The summed E-state index contributed by atoms with van der Waals surface area (Å²) in [6.07, 6.45) is 0. The number of aromatic nitrogens is 3. The molecule has 2 N–H and O–H groups in total. The van der Waals surface area contributed by atoms with Crippen LogP contribution in [-0.2, 0) is 0 Å². The van der Waals surface area contributed by atoms with Crippen LogP contribution in [0.2, 0.25) is 0 Å². The highest BCUT2D eigenvalue weighted by Gasteiger charge is 2.18. The first-order valence-electron chi connectivity index (χ1n) is 7.54. The number of carbonyl (C=O) groups is 1. The number of fused-ring (bicyclic) bond motifs is 1. The third kappa shape index (κ3) is 2.32. The first kappa shape index (κ1) is 14.1. The topological polar surface area (TPSA) is 73.8 Å². The number of nitrogens with two attached hydrogens (primary N) is 1. The van der Waals surface area contributed by atoms with Crippen molar-refractivity contribution in [2.45, 2.75) is 0 Å². The van der Waals surface area contributed by atoms with Gasteiger partial charge in [0.1, 0.15) is 0 Å². The molecule has 3 aromatic carbocycles. The molecule has 116 valence electrons. The molecule has 4 aromatic rings. The van der Waals surface area contributed by atoms with Gasteiger partial charge in [-0.3, -0.25) is 4.79 Å². The predicted octanol–water partition coefficient (Wildman–Crippen LogP) is 3.37. The number of nitrogen functional groups attached to an aromatic ring is 1. The molecule has 1 aromatic heterocycles.